The maximum atomic E-state index is 14.4. The second-order valence-corrected chi connectivity index (χ2v) is 30.4. The van der Waals surface area contributed by atoms with Crippen molar-refractivity contribution in [3.63, 3.8) is 0 Å². The zero-order chi connectivity index (χ0) is 68.1. The van der Waals surface area contributed by atoms with Crippen molar-refractivity contribution in [2.75, 3.05) is 77.8 Å². The number of hydrogen-bond acceptors (Lipinski definition) is 19. The summed E-state index contributed by atoms with van der Waals surface area (Å²) in [4.78, 5) is 101. The van der Waals surface area contributed by atoms with Crippen molar-refractivity contribution in [2.45, 2.75) is 128 Å². The van der Waals surface area contributed by atoms with Crippen LogP contribution in [0, 0.1) is 25.7 Å². The zero-order valence-electron chi connectivity index (χ0n) is 54.7. The van der Waals surface area contributed by atoms with E-state index in [9.17, 15) is 43.1 Å². The van der Waals surface area contributed by atoms with Gasteiger partial charge in [0, 0.05) is 96.1 Å². The highest BCUT2D eigenvalue weighted by Crippen LogP contribution is 2.43. The normalized spacial score (nSPS) is 16.0. The smallest absolute Gasteiger partial charge is 0.469 e. The first-order chi connectivity index (χ1) is 44.8. The van der Waals surface area contributed by atoms with Gasteiger partial charge in [0.15, 0.2) is 0 Å². The van der Waals surface area contributed by atoms with Crippen LogP contribution in [-0.4, -0.2) is 148 Å². The summed E-state index contributed by atoms with van der Waals surface area (Å²) in [6, 6.07) is 22.9. The fourth-order valence-corrected chi connectivity index (χ4v) is 14.1. The molecule has 6 N–H and O–H groups in total. The van der Waals surface area contributed by atoms with E-state index < -0.39 is 55.5 Å². The minimum Gasteiger partial charge on any atom is -0.490 e. The molecule has 5 aromatic rings. The van der Waals surface area contributed by atoms with Crippen molar-refractivity contribution in [2.24, 2.45) is 0 Å². The number of carbonyl (C=O) groups is 4. The highest BCUT2D eigenvalue weighted by Gasteiger charge is 2.40. The summed E-state index contributed by atoms with van der Waals surface area (Å²) in [7, 11) is 2.89. The number of aromatic amines is 1. The Kier molecular flexibility index (Phi) is 28.9. The minimum absolute atomic E-state index is 0.0411. The van der Waals surface area contributed by atoms with Gasteiger partial charge >= 0.3 is 13.5 Å². The molecule has 0 aliphatic carbocycles. The number of aromatic nitrogens is 2. The average Bonchev–Trinajstić information content (AvgIpc) is 0.859. The number of H-pyrrole nitrogens is 1. The fourth-order valence-electron chi connectivity index (χ4n) is 10.2. The number of phosphoric acid groups is 1. The Hall–Kier alpha value is -6.31. The van der Waals surface area contributed by atoms with E-state index in [0.717, 1.165) is 67.2 Å². The number of fused-ring (bicyclic) bond motifs is 2. The molecule has 22 nitrogen and oxygen atoms in total. The number of Topliss-reactive ketones (excluding diaryl/α,β-unsaturated/α-hetero) is 1. The molecule has 0 radical (unpaired) electrons. The van der Waals surface area contributed by atoms with Gasteiger partial charge in [0.1, 0.15) is 65.0 Å². The van der Waals surface area contributed by atoms with Crippen molar-refractivity contribution in [3.05, 3.63) is 149 Å². The Labute approximate surface area is 564 Å². The van der Waals surface area contributed by atoms with Gasteiger partial charge in [-0.3, -0.25) is 38.0 Å². The number of carbonyl (C=O) groups excluding carboxylic acids is 4. The second-order valence-electron chi connectivity index (χ2n) is 23.2. The number of benzene rings is 4. The zero-order valence-corrected chi connectivity index (χ0v) is 58.8. The summed E-state index contributed by atoms with van der Waals surface area (Å²) < 4.78 is 53.5. The Morgan fingerprint density at radius 1 is 0.947 bits per heavy atom. The largest absolute Gasteiger partial charge is 0.490 e. The van der Waals surface area contributed by atoms with Crippen molar-refractivity contribution in [1.29, 1.82) is 0 Å². The topological polar surface area (TPSA) is 285 Å². The first-order valence-electron chi connectivity index (χ1n) is 31.0. The lowest BCUT2D eigenvalue weighted by atomic mass is 9.87. The number of ketones is 1. The molecule has 3 amide bonds. The average molecular weight is 1390 g/mol. The third-order valence-electron chi connectivity index (χ3n) is 14.6. The lowest BCUT2D eigenvalue weighted by molar-refractivity contribution is -0.126. The van der Waals surface area contributed by atoms with Crippen LogP contribution in [0.25, 0.3) is 11.6 Å². The quantitative estimate of drug-likeness (QED) is 0.00722. The number of aryl methyl sites for hydroxylation is 2. The highest BCUT2D eigenvalue weighted by molar-refractivity contribution is 8.77. The van der Waals surface area contributed by atoms with Crippen LogP contribution in [0.15, 0.2) is 88.6 Å². The monoisotopic (exact) mass is 1390 g/mol. The van der Waals surface area contributed by atoms with Crippen molar-refractivity contribution < 1.29 is 66.5 Å². The number of phosphoric ester groups is 1. The third kappa shape index (κ3) is 22.7. The standard InChI is InChI=1S/C67H85N6O16PS4/c1-11-19-45-35-55-52(32-42(45)3)62(53-33-43(4)54(68-12-2)36-56(53)88-55)50-25-13-14-26-51(50)65(78)72(9)29-18-23-48(74)22-17-28-70-63(76)46-20-15-24-49(34-46)85-41-61(93-94-67(6,7)8)84-31-30-83-40-59(75)69-27-16-21-47-38-73(66(79)71-64(47)77)60-37-57(87-44(5)92-91-10)58(89-60)39-86-90(80,81)82/h13-15,19-20,24-26,32-36,38,44,57-58,60-61,68H,11-12,17-18,22-23,27-31,37,39-41H2,1-10H3,(H,69,75)(H,70,76)(H,71,77,79)(H2,80,81,82)/b45-19-/t44-,57+,58+,60+,61?/m0/s1. The summed E-state index contributed by atoms with van der Waals surface area (Å²) in [5.74, 6) is 6.34. The molecule has 2 aliphatic heterocycles. The van der Waals surface area contributed by atoms with Crippen LogP contribution in [0.1, 0.15) is 135 Å². The first kappa shape index (κ1) is 75.1. The Bertz CT molecular complexity index is 3850. The van der Waals surface area contributed by atoms with Gasteiger partial charge in [0.05, 0.1) is 32.5 Å². The van der Waals surface area contributed by atoms with E-state index in [2.05, 4.69) is 110 Å². The number of ether oxygens (including phenoxy) is 6. The second kappa shape index (κ2) is 36.2. The third-order valence-corrected chi connectivity index (χ3v) is 20.6. The van der Waals surface area contributed by atoms with E-state index in [0.29, 0.717) is 42.0 Å². The van der Waals surface area contributed by atoms with E-state index in [1.54, 1.807) is 53.9 Å². The number of hydrogen-bond donors (Lipinski definition) is 6. The first-order valence-corrected chi connectivity index (χ1v) is 37.4. The van der Waals surface area contributed by atoms with Crippen LogP contribution < -0.4 is 47.1 Å². The van der Waals surface area contributed by atoms with Crippen LogP contribution in [0.3, 0.4) is 0 Å². The molecule has 3 heterocycles. The number of rotatable bonds is 34. The van der Waals surface area contributed by atoms with Gasteiger partial charge in [-0.05, 0) is 118 Å². The highest BCUT2D eigenvalue weighted by atomic mass is 33.1. The molecule has 0 bridgehead atoms. The molecule has 1 aromatic heterocycles. The Morgan fingerprint density at radius 3 is 2.47 bits per heavy atom. The molecule has 94 heavy (non-hydrogen) atoms. The lowest BCUT2D eigenvalue weighted by Crippen LogP contribution is -2.34. The van der Waals surface area contributed by atoms with Crippen LogP contribution in [-0.2, 0) is 37.6 Å². The van der Waals surface area contributed by atoms with Gasteiger partial charge in [-0.2, -0.15) is 0 Å². The molecule has 27 heteroatoms. The van der Waals surface area contributed by atoms with E-state index in [4.69, 9.17) is 28.4 Å². The van der Waals surface area contributed by atoms with Gasteiger partial charge in [0.25, 0.3) is 17.4 Å². The number of nitrogens with one attached hydrogen (secondary N) is 4. The van der Waals surface area contributed by atoms with Crippen LogP contribution >= 0.6 is 51.0 Å². The summed E-state index contributed by atoms with van der Waals surface area (Å²) in [5.41, 5.74) is 4.28. The summed E-state index contributed by atoms with van der Waals surface area (Å²) >= 11 is 0. The molecule has 1 fully saturated rings. The minimum atomic E-state index is -4.84. The van der Waals surface area contributed by atoms with E-state index in [1.807, 2.05) is 36.6 Å². The maximum absolute atomic E-state index is 14.4. The number of anilines is 1. The molecule has 1 unspecified atom stereocenters. The predicted octanol–water partition coefficient (Wildman–Crippen LogP) is 8.99. The number of amides is 3. The SMILES string of the molecule is CC/C=c1/cc2c(cc1C)=C(c1ccccc1C(=O)N(C)CCCC(=O)CCCNC(=O)c1cccc(OCC(OCCOCC(=O)NCC#Cc3cn([C@H]4C[C@@H](O[C@H](C)SSC)[C@@H](COP(=O)(O)O)O4)c(=O)[nH]c3=O)SSC(C)(C)C)c1)c1cc(C)c(NCC)cc1O2. The van der Waals surface area contributed by atoms with Crippen LogP contribution in [0.2, 0.25) is 0 Å². The van der Waals surface area contributed by atoms with Gasteiger partial charge in [-0.15, -0.1) is 0 Å². The molecule has 0 spiro atoms. The van der Waals surface area contributed by atoms with E-state index >= 15 is 0 Å². The van der Waals surface area contributed by atoms with Crippen LogP contribution in [0.5, 0.6) is 17.2 Å². The molecular weight excluding hydrogens is 1300 g/mol. The van der Waals surface area contributed by atoms with Gasteiger partial charge in [-0.25, -0.2) is 9.36 Å². The number of nitrogens with zero attached hydrogens (tertiary/aromatic N) is 2. The van der Waals surface area contributed by atoms with Gasteiger partial charge < -0.3 is 59.1 Å². The molecule has 1 saturated heterocycles. The molecule has 7 rings (SSSR count). The summed E-state index contributed by atoms with van der Waals surface area (Å²) in [6.07, 6.45) is 5.07. The van der Waals surface area contributed by atoms with Gasteiger partial charge in [-0.1, -0.05) is 113 Å². The Morgan fingerprint density at radius 2 is 1.72 bits per heavy atom. The molecule has 4 aromatic carbocycles. The fraction of sp³-hybridized carbons (Fsp3) is 0.463. The predicted molar refractivity (Wildman–Crippen MR) is 372 cm³/mol. The van der Waals surface area contributed by atoms with Crippen molar-refractivity contribution >= 4 is 91.8 Å². The molecular formula is C67H85N6O16PS4. The van der Waals surface area contributed by atoms with Crippen LogP contribution in [0.4, 0.5) is 5.69 Å². The van der Waals surface area contributed by atoms with E-state index in [-0.39, 0.29) is 92.1 Å². The molecule has 508 valence electrons. The lowest BCUT2D eigenvalue weighted by Gasteiger charge is -2.25. The summed E-state index contributed by atoms with van der Waals surface area (Å²) in [6.45, 7) is 17.1. The molecule has 5 atom stereocenters. The van der Waals surface area contributed by atoms with E-state index in [1.165, 1.54) is 38.6 Å². The molecule has 2 aliphatic rings. The Balaban J connectivity index is 0.828. The maximum Gasteiger partial charge on any atom is 0.469 e. The van der Waals surface area contributed by atoms with Crippen molar-refractivity contribution in [3.8, 4) is 29.1 Å². The molecule has 0 saturated carbocycles. The van der Waals surface area contributed by atoms with Crippen molar-refractivity contribution in [1.82, 2.24) is 25.1 Å². The van der Waals surface area contributed by atoms with Gasteiger partial charge in [0.2, 0.25) is 5.91 Å². The summed E-state index contributed by atoms with van der Waals surface area (Å²) in [5, 5.41) is 11.0.